The predicted octanol–water partition coefficient (Wildman–Crippen LogP) is 1.97. The van der Waals surface area contributed by atoms with Gasteiger partial charge in [-0.3, -0.25) is 10.1 Å². The molecule has 0 radical (unpaired) electrons. The topological polar surface area (TPSA) is 54.3 Å². The first-order chi connectivity index (χ1) is 8.58. The van der Waals surface area contributed by atoms with Gasteiger partial charge in [0.1, 0.15) is 5.58 Å². The van der Waals surface area contributed by atoms with Gasteiger partial charge in [0, 0.05) is 17.5 Å². The lowest BCUT2D eigenvalue weighted by atomic mass is 9.95. The number of piperazine rings is 1. The van der Waals surface area contributed by atoms with Gasteiger partial charge >= 0.3 is 0 Å². The Labute approximate surface area is 105 Å². The predicted molar refractivity (Wildman–Crippen MR) is 69.2 cm³/mol. The first-order valence-electron chi connectivity index (χ1n) is 6.10. The molecule has 2 N–H and O–H groups in total. The van der Waals surface area contributed by atoms with Gasteiger partial charge in [0.15, 0.2) is 0 Å². The van der Waals surface area contributed by atoms with Gasteiger partial charge in [-0.2, -0.15) is 0 Å². The molecule has 1 aromatic heterocycles. The van der Waals surface area contributed by atoms with E-state index in [1.165, 1.54) is 0 Å². The monoisotopic (exact) mass is 244 g/mol. The van der Waals surface area contributed by atoms with Crippen LogP contribution in [0.5, 0.6) is 0 Å². The smallest absolute Gasteiger partial charge is 0.239 e. The van der Waals surface area contributed by atoms with E-state index in [1.807, 2.05) is 38.1 Å². The van der Waals surface area contributed by atoms with Crippen LogP contribution in [-0.4, -0.2) is 18.0 Å². The maximum atomic E-state index is 11.7. The summed E-state index contributed by atoms with van der Waals surface area (Å²) >= 11 is 0. The number of nitrogens with one attached hydrogen (secondary N) is 2. The summed E-state index contributed by atoms with van der Waals surface area (Å²) in [6.45, 7) is 4.36. The minimum atomic E-state index is -0.554. The van der Waals surface area contributed by atoms with Crippen LogP contribution in [0.2, 0.25) is 0 Å². The number of carbonyl (C=O) groups is 1. The molecule has 1 aliphatic rings. The fourth-order valence-corrected chi connectivity index (χ4v) is 2.42. The summed E-state index contributed by atoms with van der Waals surface area (Å²) in [6, 6.07) is 8.02. The van der Waals surface area contributed by atoms with E-state index < -0.39 is 5.54 Å². The summed E-state index contributed by atoms with van der Waals surface area (Å²) in [5.74, 6) is 0.0338. The number of fused-ring (bicyclic) bond motifs is 1. The number of amides is 1. The van der Waals surface area contributed by atoms with E-state index in [4.69, 9.17) is 4.42 Å². The summed E-state index contributed by atoms with van der Waals surface area (Å²) in [7, 11) is 0. The molecule has 2 aromatic rings. The van der Waals surface area contributed by atoms with Gasteiger partial charge in [-0.1, -0.05) is 18.2 Å². The van der Waals surface area contributed by atoms with E-state index >= 15 is 0 Å². The number of carbonyl (C=O) groups excluding carboxylic acids is 1. The van der Waals surface area contributed by atoms with E-state index in [-0.39, 0.29) is 11.9 Å². The molecule has 0 aliphatic carbocycles. The SMILES string of the molecule is CC1(C)NC(c2coc3ccccc23)CNC1=O. The molecule has 0 spiro atoms. The van der Waals surface area contributed by atoms with Crippen LogP contribution in [-0.2, 0) is 4.79 Å². The lowest BCUT2D eigenvalue weighted by Crippen LogP contribution is -2.60. The number of furan rings is 1. The first-order valence-corrected chi connectivity index (χ1v) is 6.10. The molecular weight excluding hydrogens is 228 g/mol. The van der Waals surface area contributed by atoms with E-state index in [1.54, 1.807) is 6.26 Å². The fourth-order valence-electron chi connectivity index (χ4n) is 2.42. The summed E-state index contributed by atoms with van der Waals surface area (Å²) in [6.07, 6.45) is 1.77. The molecular formula is C14H16N2O2. The lowest BCUT2D eigenvalue weighted by Gasteiger charge is -2.36. The average molecular weight is 244 g/mol. The van der Waals surface area contributed by atoms with Gasteiger partial charge in [0.2, 0.25) is 5.91 Å². The molecule has 4 heteroatoms. The van der Waals surface area contributed by atoms with Crippen molar-refractivity contribution in [3.05, 3.63) is 36.1 Å². The summed E-state index contributed by atoms with van der Waals surface area (Å²) in [5, 5.41) is 7.40. The van der Waals surface area contributed by atoms with Crippen molar-refractivity contribution in [1.82, 2.24) is 10.6 Å². The third kappa shape index (κ3) is 1.69. The Balaban J connectivity index is 1.98. The lowest BCUT2D eigenvalue weighted by molar-refractivity contribution is -0.128. The molecule has 94 valence electrons. The Bertz CT molecular complexity index is 601. The molecule has 18 heavy (non-hydrogen) atoms. The van der Waals surface area contributed by atoms with Crippen molar-refractivity contribution in [2.24, 2.45) is 0 Å². The van der Waals surface area contributed by atoms with Gasteiger partial charge < -0.3 is 9.73 Å². The summed E-state index contributed by atoms with van der Waals surface area (Å²) in [4.78, 5) is 11.7. The minimum absolute atomic E-state index is 0.0338. The Morgan fingerprint density at radius 2 is 2.11 bits per heavy atom. The molecule has 1 saturated heterocycles. The van der Waals surface area contributed by atoms with Crippen LogP contribution in [0.25, 0.3) is 11.0 Å². The van der Waals surface area contributed by atoms with Crippen molar-refractivity contribution in [3.8, 4) is 0 Å². The number of para-hydroxylation sites is 1. The van der Waals surface area contributed by atoms with Crippen molar-refractivity contribution in [2.45, 2.75) is 25.4 Å². The Morgan fingerprint density at radius 3 is 2.89 bits per heavy atom. The summed E-state index contributed by atoms with van der Waals surface area (Å²) in [5.41, 5.74) is 1.42. The Hall–Kier alpha value is -1.81. The average Bonchev–Trinajstić information content (AvgIpc) is 2.76. The van der Waals surface area contributed by atoms with Crippen molar-refractivity contribution in [2.75, 3.05) is 6.54 Å². The Morgan fingerprint density at radius 1 is 1.33 bits per heavy atom. The third-order valence-corrected chi connectivity index (χ3v) is 3.46. The number of hydrogen-bond donors (Lipinski definition) is 2. The van der Waals surface area contributed by atoms with Crippen LogP contribution in [0, 0.1) is 0 Å². The maximum Gasteiger partial charge on any atom is 0.239 e. The molecule has 0 bridgehead atoms. The fraction of sp³-hybridized carbons (Fsp3) is 0.357. The maximum absolute atomic E-state index is 11.7. The minimum Gasteiger partial charge on any atom is -0.464 e. The molecule has 1 unspecified atom stereocenters. The second kappa shape index (κ2) is 3.85. The van der Waals surface area contributed by atoms with Gasteiger partial charge in [0.25, 0.3) is 0 Å². The second-order valence-electron chi connectivity index (χ2n) is 5.22. The van der Waals surface area contributed by atoms with Crippen molar-refractivity contribution in [3.63, 3.8) is 0 Å². The molecule has 4 nitrogen and oxygen atoms in total. The number of benzene rings is 1. The third-order valence-electron chi connectivity index (χ3n) is 3.46. The summed E-state index contributed by atoms with van der Waals surface area (Å²) < 4.78 is 5.54. The van der Waals surface area contributed by atoms with Gasteiger partial charge in [-0.05, 0) is 19.9 Å². The molecule has 1 aromatic carbocycles. The zero-order chi connectivity index (χ0) is 12.8. The van der Waals surface area contributed by atoms with E-state index in [2.05, 4.69) is 10.6 Å². The van der Waals surface area contributed by atoms with Gasteiger partial charge in [0.05, 0.1) is 17.8 Å². The molecule has 1 fully saturated rings. The van der Waals surface area contributed by atoms with Crippen molar-refractivity contribution < 1.29 is 9.21 Å². The van der Waals surface area contributed by atoms with Crippen molar-refractivity contribution >= 4 is 16.9 Å². The van der Waals surface area contributed by atoms with Crippen LogP contribution >= 0.6 is 0 Å². The molecule has 3 rings (SSSR count). The highest BCUT2D eigenvalue weighted by Gasteiger charge is 2.36. The zero-order valence-corrected chi connectivity index (χ0v) is 10.5. The van der Waals surface area contributed by atoms with Gasteiger partial charge in [-0.25, -0.2) is 0 Å². The van der Waals surface area contributed by atoms with Crippen LogP contribution < -0.4 is 10.6 Å². The van der Waals surface area contributed by atoms with E-state index in [9.17, 15) is 4.79 Å². The van der Waals surface area contributed by atoms with Crippen LogP contribution in [0.3, 0.4) is 0 Å². The largest absolute Gasteiger partial charge is 0.464 e. The molecule has 0 saturated carbocycles. The molecule has 1 atom stereocenters. The first kappa shape index (κ1) is 11.3. The van der Waals surface area contributed by atoms with Crippen molar-refractivity contribution in [1.29, 1.82) is 0 Å². The molecule has 1 aliphatic heterocycles. The zero-order valence-electron chi connectivity index (χ0n) is 10.5. The van der Waals surface area contributed by atoms with E-state index in [0.29, 0.717) is 6.54 Å². The van der Waals surface area contributed by atoms with Crippen LogP contribution in [0.15, 0.2) is 34.9 Å². The number of hydrogen-bond acceptors (Lipinski definition) is 3. The standard InChI is InChI=1S/C14H16N2O2/c1-14(2)13(17)15-7-11(16-14)10-8-18-12-6-4-3-5-9(10)12/h3-6,8,11,16H,7H2,1-2H3,(H,15,17). The molecule has 2 heterocycles. The molecule has 1 amide bonds. The highest BCUT2D eigenvalue weighted by molar-refractivity contribution is 5.87. The highest BCUT2D eigenvalue weighted by atomic mass is 16.3. The van der Waals surface area contributed by atoms with Crippen LogP contribution in [0.4, 0.5) is 0 Å². The van der Waals surface area contributed by atoms with Crippen LogP contribution in [0.1, 0.15) is 25.5 Å². The quantitative estimate of drug-likeness (QED) is 0.806. The number of rotatable bonds is 1. The van der Waals surface area contributed by atoms with E-state index in [0.717, 1.165) is 16.5 Å². The van der Waals surface area contributed by atoms with Gasteiger partial charge in [-0.15, -0.1) is 0 Å². The normalized spacial score (nSPS) is 23.0. The highest BCUT2D eigenvalue weighted by Crippen LogP contribution is 2.28. The second-order valence-corrected chi connectivity index (χ2v) is 5.22. The Kier molecular flexibility index (Phi) is 2.41.